The van der Waals surface area contributed by atoms with E-state index in [1.165, 1.54) is 19.6 Å². The van der Waals surface area contributed by atoms with E-state index in [-0.39, 0.29) is 0 Å². The zero-order valence-electron chi connectivity index (χ0n) is 10.6. The molecule has 92 valence electrons. The zero-order chi connectivity index (χ0) is 11.5. The fourth-order valence-electron chi connectivity index (χ4n) is 3.11. The van der Waals surface area contributed by atoms with Gasteiger partial charge in [0.1, 0.15) is 5.78 Å². The van der Waals surface area contributed by atoms with E-state index in [9.17, 15) is 4.79 Å². The molecule has 3 heteroatoms. The van der Waals surface area contributed by atoms with Crippen LogP contribution in [0.15, 0.2) is 0 Å². The number of hydrogen-bond donors (Lipinski definition) is 0. The second-order valence-electron chi connectivity index (χ2n) is 5.24. The van der Waals surface area contributed by atoms with E-state index < -0.39 is 0 Å². The van der Waals surface area contributed by atoms with Crippen LogP contribution in [0.5, 0.6) is 0 Å². The van der Waals surface area contributed by atoms with Crippen LogP contribution in [0.3, 0.4) is 0 Å². The van der Waals surface area contributed by atoms with Gasteiger partial charge in [-0.05, 0) is 26.3 Å². The Morgan fingerprint density at radius 2 is 1.94 bits per heavy atom. The summed E-state index contributed by atoms with van der Waals surface area (Å²) < 4.78 is 0. The van der Waals surface area contributed by atoms with Crippen molar-refractivity contribution in [2.75, 3.05) is 26.2 Å². The van der Waals surface area contributed by atoms with Crippen molar-refractivity contribution in [2.45, 2.75) is 51.6 Å². The van der Waals surface area contributed by atoms with Crippen LogP contribution >= 0.6 is 0 Å². The molecule has 1 heterocycles. The molecular formula is C13H24N2O. The van der Waals surface area contributed by atoms with Crippen molar-refractivity contribution in [3.63, 3.8) is 0 Å². The van der Waals surface area contributed by atoms with Gasteiger partial charge in [-0.2, -0.15) is 0 Å². The van der Waals surface area contributed by atoms with Gasteiger partial charge in [0.25, 0.3) is 0 Å². The lowest BCUT2D eigenvalue weighted by Crippen LogP contribution is -2.55. The van der Waals surface area contributed by atoms with Crippen LogP contribution < -0.4 is 0 Å². The minimum absolute atomic E-state index is 0.469. The molecule has 3 nitrogen and oxygen atoms in total. The average Bonchev–Trinajstić information content (AvgIpc) is 2.30. The number of ketones is 1. The Hall–Kier alpha value is -0.410. The van der Waals surface area contributed by atoms with E-state index >= 15 is 0 Å². The van der Waals surface area contributed by atoms with Crippen LogP contribution in [0, 0.1) is 0 Å². The second kappa shape index (κ2) is 5.28. The third-order valence-electron chi connectivity index (χ3n) is 4.23. The van der Waals surface area contributed by atoms with Crippen LogP contribution in [-0.2, 0) is 4.79 Å². The smallest absolute Gasteiger partial charge is 0.133 e. The van der Waals surface area contributed by atoms with Crippen molar-refractivity contribution in [1.82, 2.24) is 9.80 Å². The molecule has 1 saturated carbocycles. The highest BCUT2D eigenvalue weighted by molar-refractivity contribution is 5.79. The molecule has 2 rings (SSSR count). The molecule has 0 radical (unpaired) electrons. The van der Waals surface area contributed by atoms with Crippen molar-refractivity contribution in [3.05, 3.63) is 0 Å². The molecule has 1 aliphatic carbocycles. The van der Waals surface area contributed by atoms with Gasteiger partial charge >= 0.3 is 0 Å². The van der Waals surface area contributed by atoms with Crippen LogP contribution in [-0.4, -0.2) is 53.8 Å². The number of hydrogen-bond acceptors (Lipinski definition) is 3. The number of rotatable bonds is 2. The third kappa shape index (κ3) is 2.64. The zero-order valence-corrected chi connectivity index (χ0v) is 10.6. The summed E-state index contributed by atoms with van der Waals surface area (Å²) in [6, 6.07) is 1.36. The maximum Gasteiger partial charge on any atom is 0.133 e. The number of carbonyl (C=O) groups is 1. The van der Waals surface area contributed by atoms with Gasteiger partial charge in [0.2, 0.25) is 0 Å². The van der Waals surface area contributed by atoms with Gasteiger partial charge in [-0.15, -0.1) is 0 Å². The molecular weight excluding hydrogens is 200 g/mol. The van der Waals surface area contributed by atoms with E-state index in [0.717, 1.165) is 32.2 Å². The van der Waals surface area contributed by atoms with Crippen molar-refractivity contribution < 1.29 is 4.79 Å². The number of piperazine rings is 1. The molecule has 1 saturated heterocycles. The molecule has 0 spiro atoms. The Morgan fingerprint density at radius 3 is 2.50 bits per heavy atom. The predicted molar refractivity (Wildman–Crippen MR) is 65.5 cm³/mol. The second-order valence-corrected chi connectivity index (χ2v) is 5.24. The van der Waals surface area contributed by atoms with Gasteiger partial charge in [0.15, 0.2) is 0 Å². The molecule has 0 aromatic carbocycles. The Bertz CT molecular complexity index is 244. The van der Waals surface area contributed by atoms with Crippen molar-refractivity contribution in [1.29, 1.82) is 0 Å². The van der Waals surface area contributed by atoms with Gasteiger partial charge in [-0.25, -0.2) is 0 Å². The molecule has 16 heavy (non-hydrogen) atoms. The van der Waals surface area contributed by atoms with E-state index in [1.807, 2.05) is 0 Å². The quantitative estimate of drug-likeness (QED) is 0.710. The van der Waals surface area contributed by atoms with Crippen molar-refractivity contribution in [2.24, 2.45) is 0 Å². The highest BCUT2D eigenvalue weighted by Crippen LogP contribution is 2.23. The minimum atomic E-state index is 0.469. The van der Waals surface area contributed by atoms with Crippen LogP contribution in [0.4, 0.5) is 0 Å². The molecule has 1 aliphatic heterocycles. The van der Waals surface area contributed by atoms with Gasteiger partial charge < -0.3 is 0 Å². The summed E-state index contributed by atoms with van der Waals surface area (Å²) in [4.78, 5) is 16.4. The van der Waals surface area contributed by atoms with Gasteiger partial charge in [0.05, 0.1) is 0 Å². The first-order valence-electron chi connectivity index (χ1n) is 6.70. The molecule has 1 unspecified atom stereocenters. The average molecular weight is 224 g/mol. The van der Waals surface area contributed by atoms with Crippen molar-refractivity contribution in [3.8, 4) is 0 Å². The van der Waals surface area contributed by atoms with E-state index in [4.69, 9.17) is 0 Å². The third-order valence-corrected chi connectivity index (χ3v) is 4.23. The normalized spacial score (nSPS) is 30.9. The minimum Gasteiger partial charge on any atom is -0.300 e. The Morgan fingerprint density at radius 1 is 1.25 bits per heavy atom. The molecule has 2 fully saturated rings. The molecule has 0 N–H and O–H groups in total. The summed E-state index contributed by atoms with van der Waals surface area (Å²) in [6.45, 7) is 9.30. The van der Waals surface area contributed by atoms with Gasteiger partial charge in [-0.3, -0.25) is 14.6 Å². The largest absolute Gasteiger partial charge is 0.300 e. The monoisotopic (exact) mass is 224 g/mol. The summed E-state index contributed by atoms with van der Waals surface area (Å²) in [7, 11) is 0. The summed E-state index contributed by atoms with van der Waals surface area (Å²) >= 11 is 0. The lowest BCUT2D eigenvalue weighted by Gasteiger charge is -2.43. The standard InChI is InChI=1S/C13H24N2O/c1-3-14-8-9-15(10-11(14)2)12-4-6-13(16)7-5-12/h11-12H,3-10H2,1-2H3. The summed E-state index contributed by atoms with van der Waals surface area (Å²) in [5.74, 6) is 0.469. The molecule has 0 aromatic rings. The molecule has 0 bridgehead atoms. The molecule has 2 aliphatic rings. The maximum atomic E-state index is 11.2. The predicted octanol–water partition coefficient (Wildman–Crippen LogP) is 1.52. The van der Waals surface area contributed by atoms with Gasteiger partial charge in [0, 0.05) is 44.6 Å². The lowest BCUT2D eigenvalue weighted by molar-refractivity contribution is -0.121. The topological polar surface area (TPSA) is 23.6 Å². The first kappa shape index (κ1) is 12.1. The van der Waals surface area contributed by atoms with Crippen LogP contribution in [0.1, 0.15) is 39.5 Å². The number of carbonyl (C=O) groups excluding carboxylic acids is 1. The first-order chi connectivity index (χ1) is 7.70. The summed E-state index contributed by atoms with van der Waals surface area (Å²) in [5, 5.41) is 0. The van der Waals surface area contributed by atoms with E-state index in [0.29, 0.717) is 17.9 Å². The van der Waals surface area contributed by atoms with Crippen LogP contribution in [0.25, 0.3) is 0 Å². The lowest BCUT2D eigenvalue weighted by atomic mass is 9.92. The summed E-state index contributed by atoms with van der Waals surface area (Å²) in [5.41, 5.74) is 0. The number of nitrogens with zero attached hydrogens (tertiary/aromatic N) is 2. The number of likely N-dealkylation sites (N-methyl/N-ethyl adjacent to an activating group) is 1. The Balaban J connectivity index is 1.85. The highest BCUT2D eigenvalue weighted by atomic mass is 16.1. The Labute approximate surface area is 98.8 Å². The molecule has 0 amide bonds. The fourth-order valence-corrected chi connectivity index (χ4v) is 3.11. The Kier molecular flexibility index (Phi) is 3.98. The fraction of sp³-hybridized carbons (Fsp3) is 0.923. The maximum absolute atomic E-state index is 11.2. The van der Waals surface area contributed by atoms with Crippen LogP contribution in [0.2, 0.25) is 0 Å². The first-order valence-corrected chi connectivity index (χ1v) is 6.70. The van der Waals surface area contributed by atoms with E-state index in [2.05, 4.69) is 23.6 Å². The van der Waals surface area contributed by atoms with E-state index in [1.54, 1.807) is 0 Å². The summed E-state index contributed by atoms with van der Waals surface area (Å²) in [6.07, 6.45) is 3.81. The number of Topliss-reactive ketones (excluding diaryl/α,β-unsaturated/α-hetero) is 1. The molecule has 1 atom stereocenters. The SMILES string of the molecule is CCN1CCN(C2CCC(=O)CC2)CC1C. The van der Waals surface area contributed by atoms with Crippen molar-refractivity contribution >= 4 is 5.78 Å². The highest BCUT2D eigenvalue weighted by Gasteiger charge is 2.29. The molecule has 0 aromatic heterocycles. The van der Waals surface area contributed by atoms with Gasteiger partial charge in [-0.1, -0.05) is 6.92 Å².